The average Bonchev–Trinajstić information content (AvgIpc) is 2.48. The molecular formula is C16H15BrN2OS. The van der Waals surface area contributed by atoms with Crippen LogP contribution in [0.5, 0.6) is 0 Å². The number of carbonyl (C=O) groups is 1. The van der Waals surface area contributed by atoms with E-state index in [2.05, 4.69) is 15.9 Å². The second kappa shape index (κ2) is 6.83. The van der Waals surface area contributed by atoms with Crippen molar-refractivity contribution in [3.8, 4) is 0 Å². The maximum absolute atomic E-state index is 12.4. The minimum Gasteiger partial charge on any atom is -0.389 e. The van der Waals surface area contributed by atoms with Crippen LogP contribution < -0.4 is 10.6 Å². The number of halogens is 1. The molecule has 0 fully saturated rings. The van der Waals surface area contributed by atoms with Gasteiger partial charge in [-0.15, -0.1) is 0 Å². The molecule has 0 atom stereocenters. The van der Waals surface area contributed by atoms with Crippen molar-refractivity contribution in [2.75, 3.05) is 11.9 Å². The first-order valence-corrected chi connectivity index (χ1v) is 7.59. The Balaban J connectivity index is 2.20. The lowest BCUT2D eigenvalue weighted by Crippen LogP contribution is -2.30. The summed E-state index contributed by atoms with van der Waals surface area (Å²) in [6.45, 7) is 0. The first kappa shape index (κ1) is 15.7. The molecule has 0 bridgehead atoms. The normalized spacial score (nSPS) is 10.2. The minimum absolute atomic E-state index is 0.0129. The fraction of sp³-hybridized carbons (Fsp3) is 0.125. The van der Waals surface area contributed by atoms with E-state index in [-0.39, 0.29) is 10.9 Å². The summed E-state index contributed by atoms with van der Waals surface area (Å²) in [5.74, 6) is -0.0129. The Bertz CT molecular complexity index is 670. The number of likely N-dealkylation sites (N-methyl/N-ethyl adjacent to an activating group) is 1. The van der Waals surface area contributed by atoms with Gasteiger partial charge in [-0.2, -0.15) is 0 Å². The van der Waals surface area contributed by atoms with Crippen LogP contribution in [0.2, 0.25) is 0 Å². The van der Waals surface area contributed by atoms with Gasteiger partial charge in [0.25, 0.3) is 0 Å². The van der Waals surface area contributed by atoms with Gasteiger partial charge in [-0.3, -0.25) is 4.79 Å². The van der Waals surface area contributed by atoms with Gasteiger partial charge >= 0.3 is 0 Å². The molecule has 0 aliphatic heterocycles. The number of hydrogen-bond donors (Lipinski definition) is 1. The zero-order chi connectivity index (χ0) is 15.4. The fourth-order valence-electron chi connectivity index (χ4n) is 2.00. The van der Waals surface area contributed by atoms with E-state index >= 15 is 0 Å². The Morgan fingerprint density at radius 2 is 1.81 bits per heavy atom. The fourth-order valence-corrected chi connectivity index (χ4v) is 2.44. The summed E-state index contributed by atoms with van der Waals surface area (Å²) in [6.07, 6.45) is 0.329. The first-order valence-electron chi connectivity index (χ1n) is 6.39. The monoisotopic (exact) mass is 362 g/mol. The van der Waals surface area contributed by atoms with Gasteiger partial charge in [-0.1, -0.05) is 52.4 Å². The summed E-state index contributed by atoms with van der Waals surface area (Å²) >= 11 is 8.41. The van der Waals surface area contributed by atoms with Crippen molar-refractivity contribution in [3.05, 3.63) is 64.1 Å². The molecule has 21 heavy (non-hydrogen) atoms. The van der Waals surface area contributed by atoms with E-state index in [1.54, 1.807) is 11.9 Å². The molecule has 2 N–H and O–H groups in total. The highest BCUT2D eigenvalue weighted by Gasteiger charge is 2.15. The van der Waals surface area contributed by atoms with Crippen LogP contribution in [-0.4, -0.2) is 17.9 Å². The molecule has 0 aliphatic carbocycles. The molecule has 1 amide bonds. The van der Waals surface area contributed by atoms with E-state index in [1.165, 1.54) is 0 Å². The lowest BCUT2D eigenvalue weighted by Gasteiger charge is -2.20. The van der Waals surface area contributed by atoms with Crippen molar-refractivity contribution < 1.29 is 4.79 Å². The Labute approximate surface area is 137 Å². The number of nitrogens with zero attached hydrogens (tertiary/aromatic N) is 1. The van der Waals surface area contributed by atoms with Gasteiger partial charge in [-0.25, -0.2) is 0 Å². The van der Waals surface area contributed by atoms with E-state index in [4.69, 9.17) is 18.0 Å². The maximum Gasteiger partial charge on any atom is 0.231 e. The van der Waals surface area contributed by atoms with Crippen molar-refractivity contribution >= 4 is 44.7 Å². The third-order valence-electron chi connectivity index (χ3n) is 3.17. The molecule has 2 aromatic carbocycles. The number of carbonyl (C=O) groups excluding carboxylic acids is 1. The third kappa shape index (κ3) is 3.89. The topological polar surface area (TPSA) is 46.3 Å². The molecule has 0 saturated carbocycles. The Kier molecular flexibility index (Phi) is 5.09. The number of benzene rings is 2. The second-order valence-electron chi connectivity index (χ2n) is 4.64. The molecule has 108 valence electrons. The molecule has 0 heterocycles. The van der Waals surface area contributed by atoms with Crippen LogP contribution in [0.15, 0.2) is 53.0 Å². The van der Waals surface area contributed by atoms with Crippen LogP contribution in [0.4, 0.5) is 5.69 Å². The predicted molar refractivity (Wildman–Crippen MR) is 93.6 cm³/mol. The zero-order valence-electron chi connectivity index (χ0n) is 11.5. The quantitative estimate of drug-likeness (QED) is 0.848. The molecule has 2 aromatic rings. The van der Waals surface area contributed by atoms with Crippen molar-refractivity contribution in [1.29, 1.82) is 0 Å². The molecule has 0 aromatic heterocycles. The second-order valence-corrected chi connectivity index (χ2v) is 5.99. The number of para-hydroxylation sites is 1. The van der Waals surface area contributed by atoms with Gasteiger partial charge in [0.2, 0.25) is 5.91 Å². The van der Waals surface area contributed by atoms with Crippen LogP contribution >= 0.6 is 28.1 Å². The number of hydrogen-bond acceptors (Lipinski definition) is 2. The number of nitrogens with two attached hydrogens (primary N) is 1. The number of anilines is 1. The molecule has 3 nitrogen and oxygen atoms in total. The number of thiocarbonyl (C=S) groups is 1. The molecule has 5 heteroatoms. The molecular weight excluding hydrogens is 348 g/mol. The van der Waals surface area contributed by atoms with Crippen molar-refractivity contribution in [2.45, 2.75) is 6.42 Å². The summed E-state index contributed by atoms with van der Waals surface area (Å²) in [5, 5.41) is 0. The molecule has 0 spiro atoms. The first-order chi connectivity index (χ1) is 9.99. The summed E-state index contributed by atoms with van der Waals surface area (Å²) < 4.78 is 0.992. The van der Waals surface area contributed by atoms with E-state index in [0.29, 0.717) is 12.0 Å². The van der Waals surface area contributed by atoms with Crippen molar-refractivity contribution in [2.24, 2.45) is 5.73 Å². The van der Waals surface area contributed by atoms with Crippen LogP contribution in [0, 0.1) is 0 Å². The lowest BCUT2D eigenvalue weighted by molar-refractivity contribution is -0.117. The molecule has 0 aliphatic rings. The van der Waals surface area contributed by atoms with Gasteiger partial charge in [0.05, 0.1) is 12.1 Å². The number of rotatable bonds is 4. The summed E-state index contributed by atoms with van der Waals surface area (Å²) in [7, 11) is 1.73. The van der Waals surface area contributed by atoms with E-state index in [1.807, 2.05) is 48.5 Å². The van der Waals surface area contributed by atoms with Gasteiger partial charge in [0.1, 0.15) is 4.99 Å². The van der Waals surface area contributed by atoms with Gasteiger partial charge in [0, 0.05) is 17.1 Å². The van der Waals surface area contributed by atoms with Crippen molar-refractivity contribution in [1.82, 2.24) is 0 Å². The van der Waals surface area contributed by atoms with Crippen LogP contribution in [-0.2, 0) is 11.2 Å². The van der Waals surface area contributed by atoms with Gasteiger partial charge in [-0.05, 0) is 29.8 Å². The Morgan fingerprint density at radius 3 is 2.43 bits per heavy atom. The van der Waals surface area contributed by atoms with Crippen LogP contribution in [0.3, 0.4) is 0 Å². The highest BCUT2D eigenvalue weighted by molar-refractivity contribution is 9.10. The van der Waals surface area contributed by atoms with Gasteiger partial charge in [0.15, 0.2) is 0 Å². The molecule has 0 unspecified atom stereocenters. The van der Waals surface area contributed by atoms with Crippen molar-refractivity contribution in [3.63, 3.8) is 0 Å². The van der Waals surface area contributed by atoms with E-state index in [9.17, 15) is 4.79 Å². The third-order valence-corrected chi connectivity index (χ3v) is 3.92. The maximum atomic E-state index is 12.4. The predicted octanol–water partition coefficient (Wildman–Crippen LogP) is 3.29. The minimum atomic E-state index is -0.0129. The molecule has 2 rings (SSSR count). The largest absolute Gasteiger partial charge is 0.389 e. The zero-order valence-corrected chi connectivity index (χ0v) is 13.9. The van der Waals surface area contributed by atoms with Crippen LogP contribution in [0.25, 0.3) is 0 Å². The summed E-state index contributed by atoms with van der Waals surface area (Å²) in [4.78, 5) is 14.3. The lowest BCUT2D eigenvalue weighted by atomic mass is 10.1. The standard InChI is InChI=1S/C16H15BrN2OS/c1-19(14-5-3-2-4-13(14)16(18)21)15(20)10-11-6-8-12(17)9-7-11/h2-9H,10H2,1H3,(H2,18,21). The highest BCUT2D eigenvalue weighted by Crippen LogP contribution is 2.20. The molecule has 0 saturated heterocycles. The van der Waals surface area contributed by atoms with E-state index < -0.39 is 0 Å². The smallest absolute Gasteiger partial charge is 0.231 e. The Morgan fingerprint density at radius 1 is 1.19 bits per heavy atom. The Hall–Kier alpha value is -1.72. The van der Waals surface area contributed by atoms with Crippen LogP contribution in [0.1, 0.15) is 11.1 Å². The average molecular weight is 363 g/mol. The number of amides is 1. The van der Waals surface area contributed by atoms with Gasteiger partial charge < -0.3 is 10.6 Å². The SMILES string of the molecule is CN(C(=O)Cc1ccc(Br)cc1)c1ccccc1C(N)=S. The highest BCUT2D eigenvalue weighted by atomic mass is 79.9. The summed E-state index contributed by atoms with van der Waals surface area (Å²) in [6, 6.07) is 15.1. The van der Waals surface area contributed by atoms with E-state index in [0.717, 1.165) is 15.7 Å². The molecule has 0 radical (unpaired) electrons. The summed E-state index contributed by atoms with van der Waals surface area (Å²) in [5.41, 5.74) is 8.11.